The number of hydrogen-bond donors (Lipinski definition) is 0. The highest BCUT2D eigenvalue weighted by Crippen LogP contribution is 2.35. The minimum atomic E-state index is 0.643. The molecule has 0 atom stereocenters. The molecule has 0 fully saturated rings. The van der Waals surface area contributed by atoms with Gasteiger partial charge in [0.1, 0.15) is 11.2 Å². The number of aromatic nitrogens is 3. The average molecular weight is 450 g/mol. The van der Waals surface area contributed by atoms with Crippen molar-refractivity contribution in [2.24, 2.45) is 0 Å². The maximum Gasteiger partial charge on any atom is 0.164 e. The largest absolute Gasteiger partial charge is 0.455 e. The third-order valence-corrected chi connectivity index (χ3v) is 6.32. The lowest BCUT2D eigenvalue weighted by molar-refractivity contribution is 0.672. The zero-order valence-corrected chi connectivity index (χ0v) is 18.7. The van der Waals surface area contributed by atoms with Crippen LogP contribution in [0.25, 0.3) is 66.9 Å². The van der Waals surface area contributed by atoms with E-state index in [-0.39, 0.29) is 0 Å². The van der Waals surface area contributed by atoms with Gasteiger partial charge in [0.2, 0.25) is 0 Å². The molecule has 0 unspecified atom stereocenters. The van der Waals surface area contributed by atoms with E-state index in [4.69, 9.17) is 19.4 Å². The Morgan fingerprint density at radius 2 is 1.00 bits per heavy atom. The number of hydrogen-bond acceptors (Lipinski definition) is 4. The minimum Gasteiger partial charge on any atom is -0.455 e. The summed E-state index contributed by atoms with van der Waals surface area (Å²) in [6.45, 7) is 0. The Morgan fingerprint density at radius 3 is 1.69 bits per heavy atom. The summed E-state index contributed by atoms with van der Waals surface area (Å²) in [6.07, 6.45) is 0. The van der Waals surface area contributed by atoms with Gasteiger partial charge in [0.25, 0.3) is 0 Å². The summed E-state index contributed by atoms with van der Waals surface area (Å²) < 4.78 is 6.22. The highest BCUT2D eigenvalue weighted by molar-refractivity contribution is 6.15. The molecule has 0 radical (unpaired) electrons. The Labute approximate surface area is 201 Å². The first-order valence-electron chi connectivity index (χ1n) is 11.5. The fraction of sp³-hybridized carbons (Fsp3) is 0. The van der Waals surface area contributed by atoms with Crippen molar-refractivity contribution in [3.8, 4) is 34.2 Å². The molecule has 5 aromatic carbocycles. The minimum absolute atomic E-state index is 0.643. The lowest BCUT2D eigenvalue weighted by atomic mass is 10.0. The SMILES string of the molecule is c1ccc(-c2nc(-c3ccccc3)nc(-c3ccc4c(ccc5c6ccccc6oc45)c3)n2)cc1. The first-order chi connectivity index (χ1) is 17.3. The number of fused-ring (bicyclic) bond motifs is 5. The molecule has 0 N–H and O–H groups in total. The Bertz CT molecular complexity index is 1780. The molecule has 4 heteroatoms. The van der Waals surface area contributed by atoms with Gasteiger partial charge in [0.05, 0.1) is 0 Å². The van der Waals surface area contributed by atoms with Crippen LogP contribution in [0.4, 0.5) is 0 Å². The molecule has 0 saturated heterocycles. The van der Waals surface area contributed by atoms with Crippen LogP contribution < -0.4 is 0 Å². The fourth-order valence-electron chi connectivity index (χ4n) is 4.59. The van der Waals surface area contributed by atoms with Crippen LogP contribution in [-0.2, 0) is 0 Å². The van der Waals surface area contributed by atoms with Gasteiger partial charge < -0.3 is 4.42 Å². The van der Waals surface area contributed by atoms with Gasteiger partial charge in [-0.1, -0.05) is 91.0 Å². The molecule has 7 aromatic rings. The zero-order chi connectivity index (χ0) is 23.2. The van der Waals surface area contributed by atoms with Crippen molar-refractivity contribution in [1.82, 2.24) is 15.0 Å². The summed E-state index contributed by atoms with van der Waals surface area (Å²) in [7, 11) is 0. The van der Waals surface area contributed by atoms with Crippen LogP contribution in [0.15, 0.2) is 120 Å². The van der Waals surface area contributed by atoms with Crippen LogP contribution in [0.2, 0.25) is 0 Å². The molecule has 0 amide bonds. The number of furan rings is 1. The van der Waals surface area contributed by atoms with Crippen molar-refractivity contribution in [1.29, 1.82) is 0 Å². The van der Waals surface area contributed by atoms with Crippen molar-refractivity contribution in [2.45, 2.75) is 0 Å². The van der Waals surface area contributed by atoms with Crippen molar-refractivity contribution in [3.05, 3.63) is 115 Å². The van der Waals surface area contributed by atoms with Crippen molar-refractivity contribution in [2.75, 3.05) is 0 Å². The Kier molecular flexibility index (Phi) is 4.42. The lowest BCUT2D eigenvalue weighted by Gasteiger charge is -2.09. The van der Waals surface area contributed by atoms with E-state index in [9.17, 15) is 0 Å². The lowest BCUT2D eigenvalue weighted by Crippen LogP contribution is -2.00. The molecule has 0 aliphatic carbocycles. The second-order valence-corrected chi connectivity index (χ2v) is 8.51. The van der Waals surface area contributed by atoms with Crippen LogP contribution >= 0.6 is 0 Å². The van der Waals surface area contributed by atoms with Gasteiger partial charge in [-0.3, -0.25) is 0 Å². The molecule has 0 aliphatic rings. The zero-order valence-electron chi connectivity index (χ0n) is 18.7. The molecule has 35 heavy (non-hydrogen) atoms. The number of benzene rings is 5. The van der Waals surface area contributed by atoms with Gasteiger partial charge in [0, 0.05) is 32.8 Å². The molecule has 0 spiro atoms. The number of rotatable bonds is 3. The summed E-state index contributed by atoms with van der Waals surface area (Å²) >= 11 is 0. The maximum absolute atomic E-state index is 6.22. The topological polar surface area (TPSA) is 51.8 Å². The van der Waals surface area contributed by atoms with Crippen LogP contribution in [0.1, 0.15) is 0 Å². The van der Waals surface area contributed by atoms with Crippen LogP contribution in [-0.4, -0.2) is 15.0 Å². The van der Waals surface area contributed by atoms with Crippen LogP contribution in [0.5, 0.6) is 0 Å². The molecule has 4 nitrogen and oxygen atoms in total. The second-order valence-electron chi connectivity index (χ2n) is 8.51. The summed E-state index contributed by atoms with van der Waals surface area (Å²) in [6, 6.07) is 38.8. The molecule has 164 valence electrons. The smallest absolute Gasteiger partial charge is 0.164 e. The first kappa shape index (κ1) is 19.6. The van der Waals surface area contributed by atoms with Gasteiger partial charge in [-0.15, -0.1) is 0 Å². The van der Waals surface area contributed by atoms with E-state index in [2.05, 4.69) is 36.4 Å². The molecule has 7 rings (SSSR count). The van der Waals surface area contributed by atoms with Crippen LogP contribution in [0.3, 0.4) is 0 Å². The second kappa shape index (κ2) is 7.89. The van der Waals surface area contributed by atoms with Gasteiger partial charge in [-0.25, -0.2) is 15.0 Å². The molecule has 2 aromatic heterocycles. The predicted octanol–water partition coefficient (Wildman–Crippen LogP) is 7.93. The average Bonchev–Trinajstić information content (AvgIpc) is 3.33. The van der Waals surface area contributed by atoms with E-state index >= 15 is 0 Å². The monoisotopic (exact) mass is 449 g/mol. The Morgan fingerprint density at radius 1 is 0.429 bits per heavy atom. The van der Waals surface area contributed by atoms with E-state index in [1.807, 2.05) is 78.9 Å². The third-order valence-electron chi connectivity index (χ3n) is 6.32. The standard InChI is InChI=1S/C31H19N3O/c1-3-9-20(10-4-1)29-32-30(21-11-5-2-6-12-21)34-31(33-29)23-16-17-24-22(19-23)15-18-26-25-13-7-8-14-27(25)35-28(24)26/h1-19H. The molecule has 0 bridgehead atoms. The summed E-state index contributed by atoms with van der Waals surface area (Å²) in [5.41, 5.74) is 4.65. The maximum atomic E-state index is 6.22. The third kappa shape index (κ3) is 3.35. The van der Waals surface area contributed by atoms with Crippen molar-refractivity contribution >= 4 is 32.7 Å². The Hall–Kier alpha value is -4.83. The van der Waals surface area contributed by atoms with E-state index in [0.717, 1.165) is 49.4 Å². The summed E-state index contributed by atoms with van der Waals surface area (Å²) in [4.78, 5) is 14.5. The molecule has 0 saturated carbocycles. The van der Waals surface area contributed by atoms with Crippen molar-refractivity contribution in [3.63, 3.8) is 0 Å². The van der Waals surface area contributed by atoms with Gasteiger partial charge >= 0.3 is 0 Å². The van der Waals surface area contributed by atoms with E-state index in [0.29, 0.717) is 17.5 Å². The van der Waals surface area contributed by atoms with Gasteiger partial charge in [-0.2, -0.15) is 0 Å². The van der Waals surface area contributed by atoms with Crippen molar-refractivity contribution < 1.29 is 4.42 Å². The molecular formula is C31H19N3O. The van der Waals surface area contributed by atoms with Gasteiger partial charge in [-0.05, 0) is 29.7 Å². The molecule has 2 heterocycles. The number of para-hydroxylation sites is 1. The predicted molar refractivity (Wildman–Crippen MR) is 141 cm³/mol. The highest BCUT2D eigenvalue weighted by Gasteiger charge is 2.14. The normalized spacial score (nSPS) is 11.4. The quantitative estimate of drug-likeness (QED) is 0.275. The molecular weight excluding hydrogens is 430 g/mol. The highest BCUT2D eigenvalue weighted by atomic mass is 16.3. The Balaban J connectivity index is 1.42. The van der Waals surface area contributed by atoms with E-state index in [1.54, 1.807) is 0 Å². The molecule has 0 aliphatic heterocycles. The van der Waals surface area contributed by atoms with Crippen LogP contribution in [0, 0.1) is 0 Å². The fourth-order valence-corrected chi connectivity index (χ4v) is 4.59. The van der Waals surface area contributed by atoms with E-state index in [1.165, 1.54) is 0 Å². The van der Waals surface area contributed by atoms with E-state index < -0.39 is 0 Å². The number of nitrogens with zero attached hydrogens (tertiary/aromatic N) is 3. The summed E-state index contributed by atoms with van der Waals surface area (Å²) in [5.74, 6) is 1.95. The first-order valence-corrected chi connectivity index (χ1v) is 11.5. The summed E-state index contributed by atoms with van der Waals surface area (Å²) in [5, 5.41) is 4.41. The van der Waals surface area contributed by atoms with Gasteiger partial charge in [0.15, 0.2) is 17.5 Å².